The van der Waals surface area contributed by atoms with E-state index >= 15 is 0 Å². The molecule has 0 aliphatic carbocycles. The molecule has 0 amide bonds. The van der Waals surface area contributed by atoms with Gasteiger partial charge in [0.2, 0.25) is 0 Å². The van der Waals surface area contributed by atoms with Crippen LogP contribution < -0.4 is 0 Å². The van der Waals surface area contributed by atoms with E-state index in [1.807, 2.05) is 0 Å². The van der Waals surface area contributed by atoms with Crippen LogP contribution in [0.1, 0.15) is 10.4 Å². The third-order valence-electron chi connectivity index (χ3n) is 1.63. The molecule has 0 bridgehead atoms. The fourth-order valence-corrected chi connectivity index (χ4v) is 1.81. The van der Waals surface area contributed by atoms with Crippen molar-refractivity contribution < 1.29 is 17.6 Å². The zero-order valence-corrected chi connectivity index (χ0v) is 9.40. The van der Waals surface area contributed by atoms with Gasteiger partial charge in [-0.15, -0.1) is 0 Å². The van der Waals surface area contributed by atoms with Gasteiger partial charge < -0.3 is 0 Å². The molecule has 0 atom stereocenters. The number of hydrogen-bond donors (Lipinski definition) is 0. The predicted octanol–water partition coefficient (Wildman–Crippen LogP) is 1.71. The largest absolute Gasteiger partial charge is 0.293 e. The lowest BCUT2D eigenvalue weighted by Crippen LogP contribution is -2.14. The van der Waals surface area contributed by atoms with E-state index in [4.69, 9.17) is 11.6 Å². The van der Waals surface area contributed by atoms with Crippen molar-refractivity contribution in [3.05, 3.63) is 34.6 Å². The maximum atomic E-state index is 12.7. The summed E-state index contributed by atoms with van der Waals surface area (Å²) in [5, 5.41) is -0.200. The highest BCUT2D eigenvalue weighted by Crippen LogP contribution is 2.16. The fourth-order valence-electron chi connectivity index (χ4n) is 0.991. The molecule has 6 heteroatoms. The van der Waals surface area contributed by atoms with E-state index in [0.29, 0.717) is 0 Å². The Hall–Kier alpha value is -0.940. The Morgan fingerprint density at radius 3 is 2.53 bits per heavy atom. The molecular formula is C9H8ClFO3S. The number of rotatable bonds is 3. The number of sulfone groups is 1. The Labute approximate surface area is 91.8 Å². The average molecular weight is 251 g/mol. The van der Waals surface area contributed by atoms with Crippen molar-refractivity contribution in [1.82, 2.24) is 0 Å². The molecular weight excluding hydrogens is 243 g/mol. The Morgan fingerprint density at radius 2 is 2.07 bits per heavy atom. The Kier molecular flexibility index (Phi) is 3.46. The monoisotopic (exact) mass is 250 g/mol. The van der Waals surface area contributed by atoms with Crippen LogP contribution >= 0.6 is 11.6 Å². The van der Waals surface area contributed by atoms with Gasteiger partial charge in [-0.25, -0.2) is 12.8 Å². The lowest BCUT2D eigenvalue weighted by atomic mass is 10.1. The second-order valence-corrected chi connectivity index (χ2v) is 5.67. The maximum absolute atomic E-state index is 12.7. The first-order chi connectivity index (χ1) is 6.79. The molecule has 1 aromatic rings. The Morgan fingerprint density at radius 1 is 1.47 bits per heavy atom. The molecule has 3 nitrogen and oxygen atoms in total. The van der Waals surface area contributed by atoms with E-state index in [0.717, 1.165) is 18.4 Å². The van der Waals surface area contributed by atoms with Crippen LogP contribution in [-0.4, -0.2) is 26.2 Å². The van der Waals surface area contributed by atoms with Gasteiger partial charge in [0, 0.05) is 11.8 Å². The molecule has 0 heterocycles. The summed E-state index contributed by atoms with van der Waals surface area (Å²) in [6.07, 6.45) is 0.954. The first-order valence-corrected chi connectivity index (χ1v) is 6.39. The quantitative estimate of drug-likeness (QED) is 0.768. The van der Waals surface area contributed by atoms with Crippen LogP contribution in [0.3, 0.4) is 0 Å². The van der Waals surface area contributed by atoms with Crippen molar-refractivity contribution in [2.24, 2.45) is 0 Å². The van der Waals surface area contributed by atoms with Crippen LogP contribution in [-0.2, 0) is 9.84 Å². The van der Waals surface area contributed by atoms with E-state index < -0.39 is 27.2 Å². The van der Waals surface area contributed by atoms with Crippen LogP contribution in [0.15, 0.2) is 18.2 Å². The van der Waals surface area contributed by atoms with Gasteiger partial charge in [0.25, 0.3) is 0 Å². The first-order valence-electron chi connectivity index (χ1n) is 3.95. The van der Waals surface area contributed by atoms with Crippen LogP contribution in [0.4, 0.5) is 4.39 Å². The zero-order valence-electron chi connectivity index (χ0n) is 7.83. The van der Waals surface area contributed by atoms with Gasteiger partial charge in [-0.2, -0.15) is 0 Å². The fraction of sp³-hybridized carbons (Fsp3) is 0.222. The van der Waals surface area contributed by atoms with E-state index in [1.165, 1.54) is 6.07 Å². The summed E-state index contributed by atoms with van der Waals surface area (Å²) in [5.41, 5.74) is 0.0897. The van der Waals surface area contributed by atoms with E-state index in [2.05, 4.69) is 0 Å². The van der Waals surface area contributed by atoms with Crippen LogP contribution in [0.25, 0.3) is 0 Å². The lowest BCUT2D eigenvalue weighted by molar-refractivity contribution is 0.102. The predicted molar refractivity (Wildman–Crippen MR) is 55.5 cm³/mol. The van der Waals surface area contributed by atoms with E-state index in [-0.39, 0.29) is 10.6 Å². The summed E-state index contributed by atoms with van der Waals surface area (Å²) in [5.74, 6) is -1.85. The number of halogens is 2. The zero-order chi connectivity index (χ0) is 11.6. The Balaban J connectivity index is 2.98. The van der Waals surface area contributed by atoms with Crippen molar-refractivity contribution in [2.75, 3.05) is 12.0 Å². The minimum absolute atomic E-state index is 0.0897. The topological polar surface area (TPSA) is 51.2 Å². The van der Waals surface area contributed by atoms with Gasteiger partial charge in [0.1, 0.15) is 11.6 Å². The number of carbonyl (C=O) groups excluding carboxylic acids is 1. The summed E-state index contributed by atoms with van der Waals surface area (Å²) in [7, 11) is -3.38. The molecule has 0 fully saturated rings. The molecule has 0 saturated heterocycles. The minimum Gasteiger partial charge on any atom is -0.293 e. The van der Waals surface area contributed by atoms with Crippen molar-refractivity contribution >= 4 is 27.2 Å². The smallest absolute Gasteiger partial charge is 0.177 e. The maximum Gasteiger partial charge on any atom is 0.177 e. The van der Waals surface area contributed by atoms with E-state index in [1.54, 1.807) is 0 Å². The van der Waals surface area contributed by atoms with Crippen LogP contribution in [0.5, 0.6) is 0 Å². The van der Waals surface area contributed by atoms with Gasteiger partial charge in [-0.3, -0.25) is 4.79 Å². The third-order valence-corrected chi connectivity index (χ3v) is 2.71. The number of Topliss-reactive ketones (excluding diaryl/α,β-unsaturated/α-hetero) is 1. The highest BCUT2D eigenvalue weighted by Gasteiger charge is 2.14. The number of hydrogen-bond acceptors (Lipinski definition) is 3. The summed E-state index contributed by atoms with van der Waals surface area (Å²) in [4.78, 5) is 11.4. The molecule has 0 aliphatic rings. The molecule has 0 N–H and O–H groups in total. The van der Waals surface area contributed by atoms with Gasteiger partial charge in [0.05, 0.1) is 5.02 Å². The third kappa shape index (κ3) is 3.60. The van der Waals surface area contributed by atoms with Crippen LogP contribution in [0, 0.1) is 5.82 Å². The summed E-state index contributed by atoms with van der Waals surface area (Å²) in [6, 6.07) is 3.34. The average Bonchev–Trinajstić information content (AvgIpc) is 2.06. The number of carbonyl (C=O) groups is 1. The summed E-state index contributed by atoms with van der Waals surface area (Å²) >= 11 is 5.45. The lowest BCUT2D eigenvalue weighted by Gasteiger charge is -2.00. The van der Waals surface area contributed by atoms with Crippen molar-refractivity contribution in [1.29, 1.82) is 0 Å². The van der Waals surface area contributed by atoms with Gasteiger partial charge in [-0.1, -0.05) is 11.6 Å². The van der Waals surface area contributed by atoms with E-state index in [9.17, 15) is 17.6 Å². The highest BCUT2D eigenvalue weighted by atomic mass is 35.5. The molecule has 1 rings (SSSR count). The molecule has 0 spiro atoms. The summed E-state index contributed by atoms with van der Waals surface area (Å²) in [6.45, 7) is 0. The molecule has 0 unspecified atom stereocenters. The molecule has 82 valence electrons. The highest BCUT2D eigenvalue weighted by molar-refractivity contribution is 7.91. The molecule has 15 heavy (non-hydrogen) atoms. The first kappa shape index (κ1) is 12.1. The normalized spacial score (nSPS) is 11.4. The van der Waals surface area contributed by atoms with Gasteiger partial charge in [0.15, 0.2) is 15.6 Å². The second-order valence-electron chi connectivity index (χ2n) is 3.12. The van der Waals surface area contributed by atoms with Crippen molar-refractivity contribution in [2.45, 2.75) is 0 Å². The molecule has 0 aliphatic heterocycles. The number of ketones is 1. The van der Waals surface area contributed by atoms with Gasteiger partial charge in [-0.05, 0) is 18.2 Å². The Bertz CT molecular complexity index is 496. The van der Waals surface area contributed by atoms with Crippen molar-refractivity contribution in [3.63, 3.8) is 0 Å². The van der Waals surface area contributed by atoms with Crippen LogP contribution in [0.2, 0.25) is 5.02 Å². The second kappa shape index (κ2) is 4.28. The van der Waals surface area contributed by atoms with Gasteiger partial charge >= 0.3 is 0 Å². The standard InChI is InChI=1S/C9H8ClFO3S/c1-15(13,14)5-9(12)6-2-3-8(11)7(10)4-6/h2-4H,5H2,1H3. The molecule has 0 saturated carbocycles. The van der Waals surface area contributed by atoms with Crippen molar-refractivity contribution in [3.8, 4) is 0 Å². The number of benzene rings is 1. The summed E-state index contributed by atoms with van der Waals surface area (Å²) < 4.78 is 34.4. The molecule has 0 aromatic heterocycles. The molecule has 1 aromatic carbocycles. The molecule has 0 radical (unpaired) electrons. The SMILES string of the molecule is CS(=O)(=O)CC(=O)c1ccc(F)c(Cl)c1. The minimum atomic E-state index is -3.38.